The molecule has 0 radical (unpaired) electrons. The first-order valence-electron chi connectivity index (χ1n) is 7.37. The summed E-state index contributed by atoms with van der Waals surface area (Å²) in [5.41, 5.74) is 1.14. The number of benzene rings is 2. The zero-order valence-corrected chi connectivity index (χ0v) is 13.8. The Kier molecular flexibility index (Phi) is 5.91. The Bertz CT molecular complexity index is 831. The standard InChI is InChI=1S/C19H16N2O4/c1-13(22)25-18-7-3-14(4-8-18)11-15(12-20)19(23)21-16-5-9-17(24-2)10-6-16/h3-11H,1-2H3,(H,21,23)/b15-11+. The van der Waals surface area contributed by atoms with Gasteiger partial charge >= 0.3 is 5.97 Å². The number of nitrogens with zero attached hydrogens (tertiary/aromatic N) is 1. The monoisotopic (exact) mass is 336 g/mol. The largest absolute Gasteiger partial charge is 0.497 e. The molecule has 0 atom stereocenters. The summed E-state index contributed by atoms with van der Waals surface area (Å²) in [6.07, 6.45) is 1.45. The molecule has 1 N–H and O–H groups in total. The molecule has 0 fully saturated rings. The Hall–Kier alpha value is -3.59. The fourth-order valence-electron chi connectivity index (χ4n) is 1.99. The van der Waals surface area contributed by atoms with Gasteiger partial charge in [-0.25, -0.2) is 0 Å². The minimum Gasteiger partial charge on any atom is -0.497 e. The summed E-state index contributed by atoms with van der Waals surface area (Å²) in [6.45, 7) is 1.31. The van der Waals surface area contributed by atoms with Crippen molar-refractivity contribution in [3.05, 3.63) is 59.7 Å². The highest BCUT2D eigenvalue weighted by Crippen LogP contribution is 2.17. The number of nitriles is 1. The molecule has 2 aromatic carbocycles. The molecule has 0 aliphatic carbocycles. The lowest BCUT2D eigenvalue weighted by atomic mass is 10.1. The predicted molar refractivity (Wildman–Crippen MR) is 93.0 cm³/mol. The van der Waals surface area contributed by atoms with E-state index in [1.165, 1.54) is 13.0 Å². The van der Waals surface area contributed by atoms with Gasteiger partial charge in [0, 0.05) is 12.6 Å². The average molecular weight is 336 g/mol. The number of methoxy groups -OCH3 is 1. The molecule has 0 aromatic heterocycles. The van der Waals surface area contributed by atoms with Crippen molar-refractivity contribution in [3.8, 4) is 17.6 Å². The lowest BCUT2D eigenvalue weighted by molar-refractivity contribution is -0.131. The number of amides is 1. The first kappa shape index (κ1) is 17.8. The van der Waals surface area contributed by atoms with Crippen molar-refractivity contribution in [2.45, 2.75) is 6.92 Å². The van der Waals surface area contributed by atoms with Crippen LogP contribution in [-0.4, -0.2) is 19.0 Å². The Morgan fingerprint density at radius 1 is 1.04 bits per heavy atom. The van der Waals surface area contributed by atoms with Gasteiger partial charge in [-0.3, -0.25) is 9.59 Å². The van der Waals surface area contributed by atoms with E-state index in [0.29, 0.717) is 22.7 Å². The Morgan fingerprint density at radius 3 is 2.16 bits per heavy atom. The normalized spacial score (nSPS) is 10.5. The summed E-state index contributed by atoms with van der Waals surface area (Å²) >= 11 is 0. The molecular weight excluding hydrogens is 320 g/mol. The summed E-state index contributed by atoms with van der Waals surface area (Å²) in [4.78, 5) is 23.1. The third kappa shape index (κ3) is 5.22. The van der Waals surface area contributed by atoms with E-state index in [4.69, 9.17) is 9.47 Å². The van der Waals surface area contributed by atoms with Gasteiger partial charge in [-0.2, -0.15) is 5.26 Å². The molecule has 1 amide bonds. The lowest BCUT2D eigenvalue weighted by Crippen LogP contribution is -2.13. The first-order valence-corrected chi connectivity index (χ1v) is 7.37. The molecule has 0 spiro atoms. The van der Waals surface area contributed by atoms with Crippen molar-refractivity contribution >= 4 is 23.6 Å². The van der Waals surface area contributed by atoms with Crippen LogP contribution >= 0.6 is 0 Å². The highest BCUT2D eigenvalue weighted by atomic mass is 16.5. The van der Waals surface area contributed by atoms with E-state index in [1.54, 1.807) is 55.6 Å². The molecule has 126 valence electrons. The van der Waals surface area contributed by atoms with E-state index in [-0.39, 0.29) is 5.57 Å². The molecular formula is C19H16N2O4. The van der Waals surface area contributed by atoms with Crippen molar-refractivity contribution in [3.63, 3.8) is 0 Å². The fraction of sp³-hybridized carbons (Fsp3) is 0.105. The molecule has 2 rings (SSSR count). The van der Waals surface area contributed by atoms with E-state index >= 15 is 0 Å². The molecule has 0 aliphatic rings. The van der Waals surface area contributed by atoms with E-state index in [1.807, 2.05) is 6.07 Å². The van der Waals surface area contributed by atoms with E-state index < -0.39 is 11.9 Å². The topological polar surface area (TPSA) is 88.4 Å². The van der Waals surface area contributed by atoms with Gasteiger partial charge in [0.25, 0.3) is 5.91 Å². The maximum absolute atomic E-state index is 12.2. The first-order chi connectivity index (χ1) is 12.0. The van der Waals surface area contributed by atoms with Crippen LogP contribution in [0.15, 0.2) is 54.1 Å². The second-order valence-corrected chi connectivity index (χ2v) is 5.02. The summed E-state index contributed by atoms with van der Waals surface area (Å²) in [5, 5.41) is 11.9. The molecule has 0 unspecified atom stereocenters. The van der Waals surface area contributed by atoms with Crippen LogP contribution in [-0.2, 0) is 9.59 Å². The van der Waals surface area contributed by atoms with E-state index in [0.717, 1.165) is 0 Å². The van der Waals surface area contributed by atoms with Crippen LogP contribution in [0.5, 0.6) is 11.5 Å². The summed E-state index contributed by atoms with van der Waals surface area (Å²) in [7, 11) is 1.55. The molecule has 25 heavy (non-hydrogen) atoms. The number of carbonyl (C=O) groups excluding carboxylic acids is 2. The Morgan fingerprint density at radius 2 is 1.64 bits per heavy atom. The van der Waals surface area contributed by atoms with Gasteiger partial charge in [-0.1, -0.05) is 12.1 Å². The number of nitrogens with one attached hydrogen (secondary N) is 1. The highest BCUT2D eigenvalue weighted by molar-refractivity contribution is 6.09. The molecule has 6 nitrogen and oxygen atoms in total. The number of hydrogen-bond acceptors (Lipinski definition) is 5. The number of anilines is 1. The van der Waals surface area contributed by atoms with Crippen LogP contribution in [0.2, 0.25) is 0 Å². The Labute approximate surface area is 145 Å². The molecule has 0 heterocycles. The smallest absolute Gasteiger partial charge is 0.308 e. The number of ether oxygens (including phenoxy) is 2. The van der Waals surface area contributed by atoms with E-state index in [9.17, 15) is 14.9 Å². The van der Waals surface area contributed by atoms with Gasteiger partial charge in [0.15, 0.2) is 0 Å². The van der Waals surface area contributed by atoms with Crippen molar-refractivity contribution in [1.82, 2.24) is 0 Å². The lowest BCUT2D eigenvalue weighted by Gasteiger charge is -2.06. The van der Waals surface area contributed by atoms with Crippen molar-refractivity contribution in [2.24, 2.45) is 0 Å². The SMILES string of the molecule is COc1ccc(NC(=O)/C(C#N)=C/c2ccc(OC(C)=O)cc2)cc1. The third-order valence-electron chi connectivity index (χ3n) is 3.17. The van der Waals surface area contributed by atoms with Crippen LogP contribution in [0, 0.1) is 11.3 Å². The minimum absolute atomic E-state index is 0.0453. The zero-order chi connectivity index (χ0) is 18.2. The second-order valence-electron chi connectivity index (χ2n) is 5.02. The van der Waals surface area contributed by atoms with Crippen LogP contribution < -0.4 is 14.8 Å². The van der Waals surface area contributed by atoms with Crippen molar-refractivity contribution in [2.75, 3.05) is 12.4 Å². The number of carbonyl (C=O) groups is 2. The van der Waals surface area contributed by atoms with E-state index in [2.05, 4.69) is 5.32 Å². The van der Waals surface area contributed by atoms with Gasteiger partial charge in [-0.15, -0.1) is 0 Å². The minimum atomic E-state index is -0.517. The van der Waals surface area contributed by atoms with Crippen LogP contribution in [0.25, 0.3) is 6.08 Å². The summed E-state index contributed by atoms with van der Waals surface area (Å²) in [6, 6.07) is 15.1. The third-order valence-corrected chi connectivity index (χ3v) is 3.17. The highest BCUT2D eigenvalue weighted by Gasteiger charge is 2.10. The Balaban J connectivity index is 2.11. The molecule has 0 bridgehead atoms. The van der Waals surface area contributed by atoms with Crippen LogP contribution in [0.4, 0.5) is 5.69 Å². The second kappa shape index (κ2) is 8.31. The zero-order valence-electron chi connectivity index (χ0n) is 13.8. The van der Waals surface area contributed by atoms with Crippen LogP contribution in [0.1, 0.15) is 12.5 Å². The van der Waals surface area contributed by atoms with Gasteiger partial charge < -0.3 is 14.8 Å². The van der Waals surface area contributed by atoms with Crippen LogP contribution in [0.3, 0.4) is 0 Å². The van der Waals surface area contributed by atoms with Crippen molar-refractivity contribution in [1.29, 1.82) is 5.26 Å². The van der Waals surface area contributed by atoms with Gasteiger partial charge in [0.05, 0.1) is 7.11 Å². The number of hydrogen-bond donors (Lipinski definition) is 1. The summed E-state index contributed by atoms with van der Waals surface area (Å²) < 4.78 is 9.98. The van der Waals surface area contributed by atoms with Gasteiger partial charge in [-0.05, 0) is 48.0 Å². The molecule has 0 saturated heterocycles. The maximum atomic E-state index is 12.2. The molecule has 6 heteroatoms. The van der Waals surface area contributed by atoms with Gasteiger partial charge in [0.2, 0.25) is 0 Å². The molecule has 0 aliphatic heterocycles. The molecule has 2 aromatic rings. The number of rotatable bonds is 5. The summed E-state index contributed by atoms with van der Waals surface area (Å²) in [5.74, 6) is 0.129. The number of esters is 1. The maximum Gasteiger partial charge on any atom is 0.308 e. The average Bonchev–Trinajstić information content (AvgIpc) is 2.61. The predicted octanol–water partition coefficient (Wildman–Crippen LogP) is 3.17. The molecule has 0 saturated carbocycles. The fourth-order valence-corrected chi connectivity index (χ4v) is 1.99. The van der Waals surface area contributed by atoms with Gasteiger partial charge in [0.1, 0.15) is 23.1 Å². The van der Waals surface area contributed by atoms with Crippen molar-refractivity contribution < 1.29 is 19.1 Å². The quantitative estimate of drug-likeness (QED) is 0.392.